The molecule has 2 aromatic rings. The van der Waals surface area contributed by atoms with Gasteiger partial charge in [-0.25, -0.2) is 14.0 Å². The molecule has 1 spiro atoms. The van der Waals surface area contributed by atoms with Crippen LogP contribution in [0.1, 0.15) is 15.9 Å². The Morgan fingerprint density at radius 1 is 1.15 bits per heavy atom. The number of carbonyl (C=O) groups is 2. The quantitative estimate of drug-likeness (QED) is 0.898. The van der Waals surface area contributed by atoms with Crippen LogP contribution in [0.2, 0.25) is 0 Å². The van der Waals surface area contributed by atoms with Crippen molar-refractivity contribution < 1.29 is 23.8 Å². The fraction of sp³-hybridized carbons (Fsp3) is 0.300. The van der Waals surface area contributed by atoms with Crippen molar-refractivity contribution in [2.75, 3.05) is 31.2 Å². The van der Waals surface area contributed by atoms with Crippen molar-refractivity contribution in [2.24, 2.45) is 5.41 Å². The van der Waals surface area contributed by atoms with Crippen LogP contribution in [0.5, 0.6) is 0 Å². The maximum absolute atomic E-state index is 14.4. The number of hydrogen-bond donors (Lipinski definition) is 1. The Bertz CT molecular complexity index is 875. The number of amides is 2. The number of benzene rings is 2. The molecule has 140 valence electrons. The van der Waals surface area contributed by atoms with Crippen LogP contribution in [-0.4, -0.2) is 48.3 Å². The molecule has 6 nitrogen and oxygen atoms in total. The molecule has 2 aromatic carbocycles. The number of nitrogens with zero attached hydrogens (tertiary/aromatic N) is 2. The molecule has 2 fully saturated rings. The lowest BCUT2D eigenvalue weighted by molar-refractivity contribution is -0.174. The minimum atomic E-state index is -1.19. The third-order valence-corrected chi connectivity index (χ3v) is 5.07. The van der Waals surface area contributed by atoms with Crippen LogP contribution >= 0.6 is 0 Å². The van der Waals surface area contributed by atoms with E-state index in [9.17, 15) is 14.0 Å². The second kappa shape index (κ2) is 6.66. The average Bonchev–Trinajstić information content (AvgIpc) is 2.58. The van der Waals surface area contributed by atoms with Gasteiger partial charge in [-0.15, -0.1) is 0 Å². The summed E-state index contributed by atoms with van der Waals surface area (Å²) in [4.78, 5) is 27.3. The molecule has 4 rings (SSSR count). The third-order valence-electron chi connectivity index (χ3n) is 5.07. The first-order valence-electron chi connectivity index (χ1n) is 8.68. The highest BCUT2D eigenvalue weighted by atomic mass is 19.1. The number of urea groups is 1. The third kappa shape index (κ3) is 3.26. The van der Waals surface area contributed by atoms with Gasteiger partial charge in [-0.05, 0) is 24.3 Å². The molecule has 0 saturated carbocycles. The number of anilines is 1. The highest BCUT2D eigenvalue weighted by Gasteiger charge is 2.51. The number of carboxylic acid groups (broad SMARTS) is 1. The minimum absolute atomic E-state index is 0.0224. The van der Waals surface area contributed by atoms with Crippen LogP contribution in [0.15, 0.2) is 48.5 Å². The number of halogens is 1. The topological polar surface area (TPSA) is 70.1 Å². The molecule has 27 heavy (non-hydrogen) atoms. The number of rotatable bonds is 4. The molecule has 7 heteroatoms. The number of carbonyl (C=O) groups excluding carboxylic acids is 1. The van der Waals surface area contributed by atoms with Crippen molar-refractivity contribution in [1.82, 2.24) is 4.90 Å². The van der Waals surface area contributed by atoms with E-state index >= 15 is 0 Å². The van der Waals surface area contributed by atoms with E-state index in [-0.39, 0.29) is 29.1 Å². The summed E-state index contributed by atoms with van der Waals surface area (Å²) < 4.78 is 19.6. The summed E-state index contributed by atoms with van der Waals surface area (Å²) in [5.41, 5.74) is 0.893. The number of carboxylic acids is 1. The van der Waals surface area contributed by atoms with E-state index in [1.807, 2.05) is 18.2 Å². The van der Waals surface area contributed by atoms with Gasteiger partial charge in [0.2, 0.25) is 0 Å². The van der Waals surface area contributed by atoms with E-state index in [1.165, 1.54) is 17.0 Å². The van der Waals surface area contributed by atoms with Gasteiger partial charge in [-0.3, -0.25) is 4.90 Å². The van der Waals surface area contributed by atoms with Crippen molar-refractivity contribution in [3.8, 4) is 0 Å². The van der Waals surface area contributed by atoms with Gasteiger partial charge in [0.25, 0.3) is 0 Å². The highest BCUT2D eigenvalue weighted by molar-refractivity contribution is 5.92. The summed E-state index contributed by atoms with van der Waals surface area (Å²) >= 11 is 0. The number of para-hydroxylation sites is 1. The van der Waals surface area contributed by atoms with Crippen LogP contribution in [-0.2, 0) is 11.3 Å². The molecular weight excluding hydrogens is 351 g/mol. The number of likely N-dealkylation sites (tertiary alicyclic amines) is 1. The number of aromatic carboxylic acids is 1. The lowest BCUT2D eigenvalue weighted by Crippen LogP contribution is -2.68. The van der Waals surface area contributed by atoms with Crippen molar-refractivity contribution in [2.45, 2.75) is 6.54 Å². The van der Waals surface area contributed by atoms with Gasteiger partial charge in [0.15, 0.2) is 0 Å². The van der Waals surface area contributed by atoms with Crippen LogP contribution < -0.4 is 4.90 Å². The fourth-order valence-electron chi connectivity index (χ4n) is 3.50. The molecule has 0 radical (unpaired) electrons. The van der Waals surface area contributed by atoms with Gasteiger partial charge >= 0.3 is 12.0 Å². The molecule has 0 aromatic heterocycles. The zero-order chi connectivity index (χ0) is 19.0. The molecular formula is C20H19FN2O4. The average molecular weight is 370 g/mol. The summed E-state index contributed by atoms with van der Waals surface area (Å²) in [6.07, 6.45) is 0. The minimum Gasteiger partial charge on any atom is -0.478 e. The Hall–Kier alpha value is -2.93. The lowest BCUT2D eigenvalue weighted by atomic mass is 9.78. The Morgan fingerprint density at radius 3 is 2.41 bits per heavy atom. The SMILES string of the molecule is O=C(O)c1ccc(CN(C(=O)N2CC3(COC3)C2)c2ccccc2)c(F)c1. The zero-order valence-corrected chi connectivity index (χ0v) is 14.6. The second-order valence-corrected chi connectivity index (χ2v) is 7.16. The molecule has 0 atom stereocenters. The normalized spacial score (nSPS) is 17.1. The molecule has 2 heterocycles. The summed E-state index contributed by atoms with van der Waals surface area (Å²) in [5.74, 6) is -1.83. The predicted molar refractivity (Wildman–Crippen MR) is 96.2 cm³/mol. The lowest BCUT2D eigenvalue weighted by Gasteiger charge is -2.55. The van der Waals surface area contributed by atoms with Gasteiger partial charge < -0.3 is 14.7 Å². The number of ether oxygens (including phenoxy) is 1. The summed E-state index contributed by atoms with van der Waals surface area (Å²) in [5, 5.41) is 8.99. The van der Waals surface area contributed by atoms with Crippen molar-refractivity contribution in [3.63, 3.8) is 0 Å². The van der Waals surface area contributed by atoms with E-state index < -0.39 is 11.8 Å². The molecule has 0 bridgehead atoms. The highest BCUT2D eigenvalue weighted by Crippen LogP contribution is 2.38. The molecule has 2 aliphatic heterocycles. The Kier molecular flexibility index (Phi) is 4.31. The number of hydrogen-bond acceptors (Lipinski definition) is 3. The van der Waals surface area contributed by atoms with Crippen molar-refractivity contribution >= 4 is 17.7 Å². The predicted octanol–water partition coefficient (Wildman–Crippen LogP) is 2.98. The van der Waals surface area contributed by atoms with Gasteiger partial charge in [-0.1, -0.05) is 24.3 Å². The molecule has 0 unspecified atom stereocenters. The summed E-state index contributed by atoms with van der Waals surface area (Å²) in [6, 6.07) is 12.6. The molecule has 2 aliphatic rings. The van der Waals surface area contributed by atoms with E-state index in [2.05, 4.69) is 0 Å². The van der Waals surface area contributed by atoms with Crippen molar-refractivity contribution in [1.29, 1.82) is 0 Å². The maximum atomic E-state index is 14.4. The van der Waals surface area contributed by atoms with Crippen LogP contribution in [0.4, 0.5) is 14.9 Å². The van der Waals surface area contributed by atoms with Crippen molar-refractivity contribution in [3.05, 3.63) is 65.5 Å². The first kappa shape index (κ1) is 17.5. The monoisotopic (exact) mass is 370 g/mol. The Morgan fingerprint density at radius 2 is 1.85 bits per heavy atom. The van der Waals surface area contributed by atoms with Crippen LogP contribution in [0.3, 0.4) is 0 Å². The van der Waals surface area contributed by atoms with E-state index in [0.717, 1.165) is 6.07 Å². The maximum Gasteiger partial charge on any atom is 0.335 e. The molecule has 0 aliphatic carbocycles. The molecule has 2 amide bonds. The van der Waals surface area contributed by atoms with Gasteiger partial charge in [-0.2, -0.15) is 0 Å². The Labute approximate surface area is 155 Å². The smallest absolute Gasteiger partial charge is 0.335 e. The van der Waals surface area contributed by atoms with Gasteiger partial charge in [0.05, 0.1) is 30.7 Å². The van der Waals surface area contributed by atoms with Gasteiger partial charge in [0, 0.05) is 24.3 Å². The van der Waals surface area contributed by atoms with E-state index in [4.69, 9.17) is 9.84 Å². The molecule has 2 saturated heterocycles. The first-order valence-corrected chi connectivity index (χ1v) is 8.68. The Balaban J connectivity index is 1.57. The summed E-state index contributed by atoms with van der Waals surface area (Å²) in [6.45, 7) is 2.64. The fourth-order valence-corrected chi connectivity index (χ4v) is 3.50. The van der Waals surface area contributed by atoms with Crippen LogP contribution in [0.25, 0.3) is 0 Å². The zero-order valence-electron chi connectivity index (χ0n) is 14.6. The second-order valence-electron chi connectivity index (χ2n) is 7.16. The molecule has 1 N–H and O–H groups in total. The summed E-state index contributed by atoms with van der Waals surface area (Å²) in [7, 11) is 0. The van der Waals surface area contributed by atoms with Gasteiger partial charge in [0.1, 0.15) is 5.82 Å². The standard InChI is InChI=1S/C20H19FN2O4/c21-17-8-14(18(24)25)6-7-15(17)9-23(16-4-2-1-3-5-16)19(26)22-10-20(11-22)12-27-13-20/h1-8H,9-13H2,(H,24,25). The largest absolute Gasteiger partial charge is 0.478 e. The first-order chi connectivity index (χ1) is 13.0. The van der Waals surface area contributed by atoms with E-state index in [1.54, 1.807) is 17.0 Å². The van der Waals surface area contributed by atoms with Crippen LogP contribution in [0, 0.1) is 11.2 Å². The van der Waals surface area contributed by atoms with E-state index in [0.29, 0.717) is 32.0 Å².